The molecule has 0 unspecified atom stereocenters. The summed E-state index contributed by atoms with van der Waals surface area (Å²) in [5.74, 6) is 0. The lowest BCUT2D eigenvalue weighted by Gasteiger charge is -2.43. The molecule has 1 aliphatic carbocycles. The minimum absolute atomic E-state index is 0.334. The van der Waals surface area contributed by atoms with Crippen molar-refractivity contribution < 1.29 is 0 Å². The molecule has 0 amide bonds. The monoisotopic (exact) mass is 294 g/mol. The van der Waals surface area contributed by atoms with Gasteiger partial charge in [-0.15, -0.1) is 0 Å². The van der Waals surface area contributed by atoms with Crippen LogP contribution in [0.15, 0.2) is 16.6 Å². The maximum Gasteiger partial charge on any atom is 0.0614 e. The second-order valence-electron chi connectivity index (χ2n) is 5.59. The number of aryl methyl sites for hydroxylation is 1. The second kappa shape index (κ2) is 3.91. The van der Waals surface area contributed by atoms with E-state index in [1.54, 1.807) is 0 Å². The Labute approximate surface area is 112 Å². The quantitative estimate of drug-likeness (QED) is 0.780. The van der Waals surface area contributed by atoms with E-state index in [4.69, 9.17) is 0 Å². The lowest BCUT2D eigenvalue weighted by Crippen LogP contribution is -2.49. The van der Waals surface area contributed by atoms with Crippen molar-refractivity contribution in [3.05, 3.63) is 22.2 Å². The Morgan fingerprint density at radius 2 is 2.00 bits per heavy atom. The molecule has 2 nitrogen and oxygen atoms in total. The fourth-order valence-electron chi connectivity index (χ4n) is 3.37. The Bertz CT molecular complexity index is 450. The van der Waals surface area contributed by atoms with E-state index in [1.165, 1.54) is 47.1 Å². The van der Waals surface area contributed by atoms with Gasteiger partial charge in [0.15, 0.2) is 0 Å². The molecule has 3 rings (SSSR count). The van der Waals surface area contributed by atoms with Crippen molar-refractivity contribution in [2.45, 2.75) is 38.1 Å². The third-order valence-electron chi connectivity index (χ3n) is 4.18. The van der Waals surface area contributed by atoms with Crippen LogP contribution in [0, 0.1) is 6.92 Å². The van der Waals surface area contributed by atoms with Gasteiger partial charge in [0.05, 0.1) is 16.9 Å². The van der Waals surface area contributed by atoms with Gasteiger partial charge in [-0.25, -0.2) is 0 Å². The van der Waals surface area contributed by atoms with Crippen molar-refractivity contribution in [1.82, 2.24) is 0 Å². The zero-order valence-electron chi connectivity index (χ0n) is 10.5. The van der Waals surface area contributed by atoms with Gasteiger partial charge in [0.2, 0.25) is 0 Å². The Morgan fingerprint density at radius 3 is 2.71 bits per heavy atom. The molecule has 1 N–H and O–H groups in total. The van der Waals surface area contributed by atoms with E-state index in [2.05, 4.69) is 52.3 Å². The van der Waals surface area contributed by atoms with E-state index in [0.717, 1.165) is 6.54 Å². The lowest BCUT2D eigenvalue weighted by atomic mass is 9.92. The van der Waals surface area contributed by atoms with Gasteiger partial charge >= 0.3 is 0 Å². The molecule has 0 bridgehead atoms. The summed E-state index contributed by atoms with van der Waals surface area (Å²) in [4.78, 5) is 2.41. The van der Waals surface area contributed by atoms with Gasteiger partial charge in [0, 0.05) is 18.1 Å². The first-order valence-electron chi connectivity index (χ1n) is 6.39. The van der Waals surface area contributed by atoms with Crippen LogP contribution in [0.3, 0.4) is 0 Å². The van der Waals surface area contributed by atoms with Crippen LogP contribution < -0.4 is 10.2 Å². The first-order valence-corrected chi connectivity index (χ1v) is 7.18. The zero-order chi connectivity index (χ0) is 12.0. The average Bonchev–Trinajstić information content (AvgIpc) is 2.69. The van der Waals surface area contributed by atoms with Crippen molar-refractivity contribution in [1.29, 1.82) is 0 Å². The molecule has 1 aromatic rings. The topological polar surface area (TPSA) is 15.3 Å². The summed E-state index contributed by atoms with van der Waals surface area (Å²) in [5.41, 5.74) is 4.34. The molecule has 1 heterocycles. The highest BCUT2D eigenvalue weighted by Gasteiger charge is 2.39. The van der Waals surface area contributed by atoms with Gasteiger partial charge in [-0.3, -0.25) is 0 Å². The summed E-state index contributed by atoms with van der Waals surface area (Å²) >= 11 is 3.59. The summed E-state index contributed by atoms with van der Waals surface area (Å²) in [6.07, 6.45) is 5.36. The summed E-state index contributed by atoms with van der Waals surface area (Å²) < 4.78 is 1.17. The van der Waals surface area contributed by atoms with Gasteiger partial charge in [-0.2, -0.15) is 0 Å². The first-order chi connectivity index (χ1) is 8.10. The molecule has 2 aliphatic rings. The number of rotatable bonds is 0. The predicted molar refractivity (Wildman–Crippen MR) is 77.0 cm³/mol. The van der Waals surface area contributed by atoms with Gasteiger partial charge in [0.25, 0.3) is 0 Å². The van der Waals surface area contributed by atoms with E-state index in [1.807, 2.05) is 0 Å². The van der Waals surface area contributed by atoms with Crippen molar-refractivity contribution in [3.63, 3.8) is 0 Å². The van der Waals surface area contributed by atoms with Gasteiger partial charge in [-0.05, 0) is 37.5 Å². The number of halogens is 1. The number of fused-ring (bicyclic) bond motifs is 1. The number of hydrogen-bond donors (Lipinski definition) is 1. The second-order valence-corrected chi connectivity index (χ2v) is 6.50. The maximum atomic E-state index is 3.84. The minimum atomic E-state index is 0.334. The summed E-state index contributed by atoms with van der Waals surface area (Å²) in [7, 11) is 2.21. The molecule has 1 spiro atoms. The van der Waals surface area contributed by atoms with Crippen molar-refractivity contribution in [2.75, 3.05) is 23.8 Å². The number of benzene rings is 1. The molecule has 92 valence electrons. The Hall–Kier alpha value is -0.700. The highest BCUT2D eigenvalue weighted by Crippen LogP contribution is 2.43. The molecular formula is C14H19BrN2. The Kier molecular flexibility index (Phi) is 2.62. The molecule has 1 fully saturated rings. The molecule has 17 heavy (non-hydrogen) atoms. The van der Waals surface area contributed by atoms with Crippen molar-refractivity contribution >= 4 is 27.3 Å². The maximum absolute atomic E-state index is 3.84. The van der Waals surface area contributed by atoms with E-state index in [0.29, 0.717) is 5.54 Å². The summed E-state index contributed by atoms with van der Waals surface area (Å²) in [5, 5.41) is 3.84. The Balaban J connectivity index is 2.06. The normalized spacial score (nSPS) is 21.5. The first kappa shape index (κ1) is 11.4. The highest BCUT2D eigenvalue weighted by molar-refractivity contribution is 9.10. The molecular weight excluding hydrogens is 276 g/mol. The van der Waals surface area contributed by atoms with Crippen LogP contribution in [0.25, 0.3) is 0 Å². The number of hydrogen-bond acceptors (Lipinski definition) is 2. The van der Waals surface area contributed by atoms with Gasteiger partial charge < -0.3 is 10.2 Å². The third kappa shape index (κ3) is 1.85. The SMILES string of the molecule is Cc1cc(Br)cc2c1NC1(CCCC1)CN2C. The van der Waals surface area contributed by atoms with Crippen LogP contribution in [0.1, 0.15) is 31.2 Å². The largest absolute Gasteiger partial charge is 0.376 e. The molecule has 0 aromatic heterocycles. The van der Waals surface area contributed by atoms with E-state index in [9.17, 15) is 0 Å². The van der Waals surface area contributed by atoms with Crippen LogP contribution >= 0.6 is 15.9 Å². The van der Waals surface area contributed by atoms with Crippen molar-refractivity contribution in [3.8, 4) is 0 Å². The molecule has 1 saturated carbocycles. The molecule has 0 saturated heterocycles. The zero-order valence-corrected chi connectivity index (χ0v) is 12.1. The fraction of sp³-hybridized carbons (Fsp3) is 0.571. The van der Waals surface area contributed by atoms with Crippen LogP contribution in [-0.2, 0) is 0 Å². The van der Waals surface area contributed by atoms with Crippen molar-refractivity contribution in [2.24, 2.45) is 0 Å². The van der Waals surface area contributed by atoms with E-state index < -0.39 is 0 Å². The summed E-state index contributed by atoms with van der Waals surface area (Å²) in [6.45, 7) is 3.33. The Morgan fingerprint density at radius 1 is 1.29 bits per heavy atom. The number of likely N-dealkylation sites (N-methyl/N-ethyl adjacent to an activating group) is 1. The molecule has 1 aromatic carbocycles. The molecule has 0 atom stereocenters. The minimum Gasteiger partial charge on any atom is -0.376 e. The lowest BCUT2D eigenvalue weighted by molar-refractivity contribution is 0.472. The smallest absolute Gasteiger partial charge is 0.0614 e. The summed E-state index contributed by atoms with van der Waals surface area (Å²) in [6, 6.07) is 4.42. The van der Waals surface area contributed by atoms with Crippen LogP contribution in [0.5, 0.6) is 0 Å². The van der Waals surface area contributed by atoms with Gasteiger partial charge in [-0.1, -0.05) is 28.8 Å². The standard InChI is InChI=1S/C14H19BrN2/c1-10-7-11(15)8-12-13(10)16-14(9-17(12)2)5-3-4-6-14/h7-8,16H,3-6,9H2,1-2H3. The number of nitrogens with one attached hydrogen (secondary N) is 1. The molecule has 3 heteroatoms. The number of nitrogens with zero attached hydrogens (tertiary/aromatic N) is 1. The third-order valence-corrected chi connectivity index (χ3v) is 4.64. The van der Waals surface area contributed by atoms with Crippen LogP contribution in [0.4, 0.5) is 11.4 Å². The molecule has 1 aliphatic heterocycles. The number of anilines is 2. The fourth-order valence-corrected chi connectivity index (χ4v) is 3.93. The average molecular weight is 295 g/mol. The van der Waals surface area contributed by atoms with E-state index >= 15 is 0 Å². The molecule has 0 radical (unpaired) electrons. The van der Waals surface area contributed by atoms with E-state index in [-0.39, 0.29) is 0 Å². The predicted octanol–water partition coefficient (Wildman–Crippen LogP) is 3.93. The van der Waals surface area contributed by atoms with Gasteiger partial charge in [0.1, 0.15) is 0 Å². The van der Waals surface area contributed by atoms with Crippen LogP contribution in [0.2, 0.25) is 0 Å². The van der Waals surface area contributed by atoms with Crippen LogP contribution in [-0.4, -0.2) is 19.1 Å². The highest BCUT2D eigenvalue weighted by atomic mass is 79.9.